The molecular weight excluding hydrogens is 195 g/mol. The second kappa shape index (κ2) is 4.62. The molecule has 2 nitrogen and oxygen atoms in total. The lowest BCUT2D eigenvalue weighted by Gasteiger charge is -2.24. The van der Waals surface area contributed by atoms with Crippen LogP contribution in [0, 0.1) is 5.82 Å². The van der Waals surface area contributed by atoms with Gasteiger partial charge in [0.1, 0.15) is 0 Å². The highest BCUT2D eigenvalue weighted by Crippen LogP contribution is 2.31. The van der Waals surface area contributed by atoms with Gasteiger partial charge in [0, 0.05) is 5.56 Å². The van der Waals surface area contributed by atoms with Crippen LogP contribution < -0.4 is 4.74 Å². The first kappa shape index (κ1) is 12.0. The van der Waals surface area contributed by atoms with Crippen molar-refractivity contribution in [3.05, 3.63) is 29.6 Å². The monoisotopic (exact) mass is 212 g/mol. The van der Waals surface area contributed by atoms with Crippen LogP contribution in [0.15, 0.2) is 18.2 Å². The molecule has 0 saturated heterocycles. The molecule has 84 valence electrons. The average molecular weight is 212 g/mol. The van der Waals surface area contributed by atoms with Gasteiger partial charge in [-0.25, -0.2) is 4.39 Å². The number of methoxy groups -OCH3 is 1. The van der Waals surface area contributed by atoms with Gasteiger partial charge in [0.2, 0.25) is 0 Å². The average Bonchev–Trinajstić information content (AvgIpc) is 2.17. The fraction of sp³-hybridized carbons (Fsp3) is 0.500. The third kappa shape index (κ3) is 2.48. The topological polar surface area (TPSA) is 29.5 Å². The van der Waals surface area contributed by atoms with Gasteiger partial charge in [-0.15, -0.1) is 0 Å². The summed E-state index contributed by atoms with van der Waals surface area (Å²) in [4.78, 5) is 0. The lowest BCUT2D eigenvalue weighted by Crippen LogP contribution is -2.22. The molecule has 1 aromatic carbocycles. The van der Waals surface area contributed by atoms with E-state index in [9.17, 15) is 9.50 Å². The number of halogens is 1. The van der Waals surface area contributed by atoms with Gasteiger partial charge >= 0.3 is 0 Å². The van der Waals surface area contributed by atoms with Crippen LogP contribution in [0.25, 0.3) is 0 Å². The second-order valence-electron chi connectivity index (χ2n) is 3.85. The number of ether oxygens (including phenoxy) is 1. The van der Waals surface area contributed by atoms with E-state index >= 15 is 0 Å². The maximum atomic E-state index is 13.8. The van der Waals surface area contributed by atoms with Crippen LogP contribution in [-0.4, -0.2) is 12.2 Å². The Hall–Kier alpha value is -1.09. The van der Waals surface area contributed by atoms with Gasteiger partial charge in [0.15, 0.2) is 11.6 Å². The Kier molecular flexibility index (Phi) is 3.69. The number of hydrogen-bond acceptors (Lipinski definition) is 2. The minimum Gasteiger partial charge on any atom is -0.494 e. The summed E-state index contributed by atoms with van der Waals surface area (Å²) in [6, 6.07) is 4.82. The van der Waals surface area contributed by atoms with Crippen LogP contribution in [0.1, 0.15) is 32.3 Å². The summed E-state index contributed by atoms with van der Waals surface area (Å²) < 4.78 is 18.7. The number of benzene rings is 1. The van der Waals surface area contributed by atoms with Crippen molar-refractivity contribution in [2.45, 2.75) is 32.3 Å². The van der Waals surface area contributed by atoms with E-state index in [0.29, 0.717) is 12.0 Å². The second-order valence-corrected chi connectivity index (χ2v) is 3.85. The molecule has 0 aliphatic heterocycles. The van der Waals surface area contributed by atoms with Gasteiger partial charge < -0.3 is 9.84 Å². The van der Waals surface area contributed by atoms with Crippen LogP contribution in [0.5, 0.6) is 5.75 Å². The lowest BCUT2D eigenvalue weighted by molar-refractivity contribution is 0.0428. The third-order valence-corrected chi connectivity index (χ3v) is 2.50. The van der Waals surface area contributed by atoms with Gasteiger partial charge in [-0.2, -0.15) is 0 Å². The summed E-state index contributed by atoms with van der Waals surface area (Å²) in [6.45, 7) is 3.57. The Morgan fingerprint density at radius 1 is 1.47 bits per heavy atom. The summed E-state index contributed by atoms with van der Waals surface area (Å²) in [6.07, 6.45) is 1.32. The lowest BCUT2D eigenvalue weighted by atomic mass is 9.91. The van der Waals surface area contributed by atoms with Crippen molar-refractivity contribution in [1.82, 2.24) is 0 Å². The molecule has 1 unspecified atom stereocenters. The minimum atomic E-state index is -1.13. The van der Waals surface area contributed by atoms with Crippen molar-refractivity contribution in [3.8, 4) is 5.75 Å². The molecule has 1 aromatic rings. The van der Waals surface area contributed by atoms with E-state index in [1.807, 2.05) is 6.92 Å². The first-order valence-corrected chi connectivity index (χ1v) is 5.08. The first-order chi connectivity index (χ1) is 7.03. The van der Waals surface area contributed by atoms with E-state index in [1.165, 1.54) is 7.11 Å². The zero-order valence-corrected chi connectivity index (χ0v) is 9.38. The van der Waals surface area contributed by atoms with E-state index in [2.05, 4.69) is 0 Å². The molecule has 0 aliphatic rings. The largest absolute Gasteiger partial charge is 0.494 e. The molecule has 3 heteroatoms. The predicted octanol–water partition coefficient (Wildman–Crippen LogP) is 2.84. The molecule has 0 aliphatic carbocycles. The van der Waals surface area contributed by atoms with E-state index < -0.39 is 11.4 Å². The highest BCUT2D eigenvalue weighted by Gasteiger charge is 2.26. The molecule has 0 aromatic heterocycles. The smallest absolute Gasteiger partial charge is 0.171 e. The number of hydrogen-bond donors (Lipinski definition) is 1. The van der Waals surface area contributed by atoms with Crippen molar-refractivity contribution in [2.24, 2.45) is 0 Å². The fourth-order valence-corrected chi connectivity index (χ4v) is 1.71. The van der Waals surface area contributed by atoms with Gasteiger partial charge in [0.25, 0.3) is 0 Å². The molecule has 1 rings (SSSR count). The quantitative estimate of drug-likeness (QED) is 0.831. The van der Waals surface area contributed by atoms with Crippen molar-refractivity contribution in [2.75, 3.05) is 7.11 Å². The summed E-state index contributed by atoms with van der Waals surface area (Å²) in [7, 11) is 1.41. The predicted molar refractivity (Wildman–Crippen MR) is 57.4 cm³/mol. The molecule has 1 atom stereocenters. The number of aliphatic hydroxyl groups is 1. The summed E-state index contributed by atoms with van der Waals surface area (Å²) >= 11 is 0. The highest BCUT2D eigenvalue weighted by molar-refractivity contribution is 5.34. The van der Waals surface area contributed by atoms with Crippen molar-refractivity contribution >= 4 is 0 Å². The summed E-state index contributed by atoms with van der Waals surface area (Å²) in [5, 5.41) is 10.1. The molecule has 0 saturated carbocycles. The zero-order chi connectivity index (χ0) is 11.5. The highest BCUT2D eigenvalue weighted by atomic mass is 19.1. The Morgan fingerprint density at radius 3 is 2.67 bits per heavy atom. The molecule has 1 N–H and O–H groups in total. The maximum absolute atomic E-state index is 13.8. The zero-order valence-electron chi connectivity index (χ0n) is 9.38. The minimum absolute atomic E-state index is 0.170. The normalized spacial score (nSPS) is 14.7. The Labute approximate surface area is 89.7 Å². The first-order valence-electron chi connectivity index (χ1n) is 5.08. The van der Waals surface area contributed by atoms with Crippen molar-refractivity contribution in [3.63, 3.8) is 0 Å². The molecule has 0 spiro atoms. The van der Waals surface area contributed by atoms with Gasteiger partial charge in [-0.05, 0) is 19.4 Å². The van der Waals surface area contributed by atoms with Crippen LogP contribution in [0.3, 0.4) is 0 Å². The van der Waals surface area contributed by atoms with Crippen molar-refractivity contribution in [1.29, 1.82) is 0 Å². The molecule has 0 amide bonds. The molecule has 0 radical (unpaired) electrons. The van der Waals surface area contributed by atoms with Gasteiger partial charge in [0.05, 0.1) is 12.7 Å². The molecule has 0 bridgehead atoms. The molecular formula is C12H17FO2. The molecule has 0 heterocycles. The fourth-order valence-electron chi connectivity index (χ4n) is 1.71. The van der Waals surface area contributed by atoms with E-state index in [1.54, 1.807) is 25.1 Å². The van der Waals surface area contributed by atoms with E-state index in [0.717, 1.165) is 6.42 Å². The van der Waals surface area contributed by atoms with Gasteiger partial charge in [-0.3, -0.25) is 0 Å². The SMILES string of the molecule is CCCC(C)(O)c1cccc(OC)c1F. The van der Waals surface area contributed by atoms with Crippen LogP contribution in [0.2, 0.25) is 0 Å². The Balaban J connectivity index is 3.14. The molecule has 0 fully saturated rings. The maximum Gasteiger partial charge on any atom is 0.171 e. The summed E-state index contributed by atoms with van der Waals surface area (Å²) in [5.41, 5.74) is -0.836. The summed E-state index contributed by atoms with van der Waals surface area (Å²) in [5.74, 6) is -0.303. The van der Waals surface area contributed by atoms with Crippen LogP contribution in [-0.2, 0) is 5.60 Å². The molecule has 15 heavy (non-hydrogen) atoms. The van der Waals surface area contributed by atoms with Crippen molar-refractivity contribution < 1.29 is 14.2 Å². The van der Waals surface area contributed by atoms with Gasteiger partial charge in [-0.1, -0.05) is 25.5 Å². The third-order valence-electron chi connectivity index (χ3n) is 2.50. The standard InChI is InChI=1S/C12H17FO2/c1-4-8-12(2,14)9-6-5-7-10(15-3)11(9)13/h5-7,14H,4,8H2,1-3H3. The number of rotatable bonds is 4. The van der Waals surface area contributed by atoms with Crippen LogP contribution in [0.4, 0.5) is 4.39 Å². The Bertz CT molecular complexity index is 334. The Morgan fingerprint density at radius 2 is 2.13 bits per heavy atom. The van der Waals surface area contributed by atoms with Crippen LogP contribution >= 0.6 is 0 Å². The van der Waals surface area contributed by atoms with E-state index in [4.69, 9.17) is 4.74 Å². The van der Waals surface area contributed by atoms with E-state index in [-0.39, 0.29) is 5.75 Å².